The van der Waals surface area contributed by atoms with E-state index in [0.29, 0.717) is 13.2 Å². The summed E-state index contributed by atoms with van der Waals surface area (Å²) in [6.45, 7) is 6.24. The number of benzene rings is 1. The van der Waals surface area contributed by atoms with Gasteiger partial charge < -0.3 is 23.5 Å². The lowest BCUT2D eigenvalue weighted by Crippen LogP contribution is -2.29. The second kappa shape index (κ2) is 25.9. The molecule has 2 heterocycles. The van der Waals surface area contributed by atoms with Crippen molar-refractivity contribution in [3.05, 3.63) is 46.9 Å². The highest BCUT2D eigenvalue weighted by Crippen LogP contribution is 2.19. The van der Waals surface area contributed by atoms with Gasteiger partial charge in [0, 0.05) is 6.42 Å². The van der Waals surface area contributed by atoms with E-state index >= 15 is 0 Å². The Balaban J connectivity index is 0.000000587. The van der Waals surface area contributed by atoms with E-state index in [-0.39, 0.29) is 23.9 Å². The predicted molar refractivity (Wildman–Crippen MR) is 184 cm³/mol. The third-order valence-corrected chi connectivity index (χ3v) is 9.63. The van der Waals surface area contributed by atoms with E-state index in [4.69, 9.17) is 18.9 Å². The van der Waals surface area contributed by atoms with Gasteiger partial charge in [-0.2, -0.15) is 4.57 Å². The lowest BCUT2D eigenvalue weighted by Gasteiger charge is -2.12. The third-order valence-electron chi connectivity index (χ3n) is 8.11. The standard InChI is InChI=1S/C29H52NO5S.C7H8O3S/c1-2-3-4-5-6-7-8-9-10-11-12-13-16-19-28-33-24-27(35-28)25-34-29(31)32-22-18-15-14-17-20-30-21-23-36-26-30;1-6-2-4-7(5-3-6)11(8,9)10/h21,23,26-28H,2-20,22,24-25H2,1H3;2-5H,1H3,(H,8,9,10)/q+1;/p-1/t27-,28+;/m0./s1. The third kappa shape index (κ3) is 21.5. The Morgan fingerprint density at radius 1 is 0.872 bits per heavy atom. The van der Waals surface area contributed by atoms with E-state index < -0.39 is 16.3 Å². The van der Waals surface area contributed by atoms with Crippen LogP contribution in [0.25, 0.3) is 0 Å². The maximum absolute atomic E-state index is 11.8. The van der Waals surface area contributed by atoms with Crippen molar-refractivity contribution in [1.82, 2.24) is 0 Å². The zero-order valence-corrected chi connectivity index (χ0v) is 30.4. The van der Waals surface area contributed by atoms with Gasteiger partial charge in [0.05, 0.1) is 23.5 Å². The van der Waals surface area contributed by atoms with Crippen LogP contribution in [0.15, 0.2) is 46.2 Å². The van der Waals surface area contributed by atoms with Crippen LogP contribution >= 0.6 is 11.3 Å². The fraction of sp³-hybridized carbons (Fsp3) is 0.722. The molecule has 9 nitrogen and oxygen atoms in total. The van der Waals surface area contributed by atoms with Crippen LogP contribution in [-0.4, -0.2) is 51.3 Å². The number of carbonyl (C=O) groups is 1. The molecule has 1 aromatic carbocycles. The molecule has 0 unspecified atom stereocenters. The Bertz CT molecular complexity index is 1140. The first-order chi connectivity index (χ1) is 22.8. The number of aromatic nitrogens is 1. The first-order valence-corrected chi connectivity index (χ1v) is 20.1. The van der Waals surface area contributed by atoms with E-state index in [9.17, 15) is 17.8 Å². The molecule has 2 aromatic rings. The molecule has 0 aliphatic carbocycles. The number of thiazole rings is 1. The number of hydrogen-bond acceptors (Lipinski definition) is 9. The summed E-state index contributed by atoms with van der Waals surface area (Å²) < 4.78 is 55.3. The Morgan fingerprint density at radius 3 is 2.06 bits per heavy atom. The Kier molecular flexibility index (Phi) is 22.7. The first-order valence-electron chi connectivity index (χ1n) is 17.8. The van der Waals surface area contributed by atoms with Gasteiger partial charge in [-0.25, -0.2) is 13.2 Å². The van der Waals surface area contributed by atoms with Crippen LogP contribution in [0, 0.1) is 6.92 Å². The largest absolute Gasteiger partial charge is 0.744 e. The predicted octanol–water partition coefficient (Wildman–Crippen LogP) is 8.87. The molecule has 1 aliphatic heterocycles. The molecule has 2 atom stereocenters. The lowest BCUT2D eigenvalue weighted by atomic mass is 10.0. The molecule has 1 aromatic heterocycles. The second-order valence-corrected chi connectivity index (χ2v) is 14.5. The summed E-state index contributed by atoms with van der Waals surface area (Å²) in [5.41, 5.74) is 3.05. The maximum atomic E-state index is 11.8. The van der Waals surface area contributed by atoms with E-state index in [2.05, 4.69) is 28.6 Å². The zero-order valence-electron chi connectivity index (χ0n) is 28.8. The van der Waals surface area contributed by atoms with Crippen molar-refractivity contribution in [3.63, 3.8) is 0 Å². The maximum Gasteiger partial charge on any atom is 0.508 e. The van der Waals surface area contributed by atoms with E-state index in [0.717, 1.165) is 50.6 Å². The minimum absolute atomic E-state index is 0.158. The van der Waals surface area contributed by atoms with Gasteiger partial charge in [-0.15, -0.1) is 0 Å². The highest BCUT2D eigenvalue weighted by molar-refractivity contribution is 7.85. The summed E-state index contributed by atoms with van der Waals surface area (Å²) >= 11 is 1.71. The fourth-order valence-corrected chi connectivity index (χ4v) is 6.38. The second-order valence-electron chi connectivity index (χ2n) is 12.4. The van der Waals surface area contributed by atoms with Gasteiger partial charge in [0.2, 0.25) is 5.51 Å². The lowest BCUT2D eigenvalue weighted by molar-refractivity contribution is -0.692. The summed E-state index contributed by atoms with van der Waals surface area (Å²) in [5, 5.41) is 2.09. The molecule has 0 spiro atoms. The summed E-state index contributed by atoms with van der Waals surface area (Å²) in [4.78, 5) is 11.6. The van der Waals surface area contributed by atoms with E-state index in [1.165, 1.54) is 89.2 Å². The SMILES string of the molecule is CCCCCCCCCCCCCCC[C@@H]1OC[C@@H](COC(=O)OCCCCCC[n+]2ccsc2)O1.Cc1ccc(S(=O)(=O)[O-])cc1. The number of hydrogen-bond donors (Lipinski definition) is 0. The normalized spacial score (nSPS) is 16.1. The van der Waals surface area contributed by atoms with Crippen molar-refractivity contribution >= 4 is 27.6 Å². The topological polar surface area (TPSA) is 115 Å². The number of rotatable bonds is 24. The quantitative estimate of drug-likeness (QED) is 0.0463. The molecule has 0 radical (unpaired) electrons. The molecule has 47 heavy (non-hydrogen) atoms. The molecule has 1 saturated heterocycles. The molecular formula is C36H59NO8S2. The summed E-state index contributed by atoms with van der Waals surface area (Å²) in [7, 11) is -4.27. The molecule has 1 aliphatic rings. The smallest absolute Gasteiger partial charge is 0.508 e. The zero-order chi connectivity index (χ0) is 34.0. The van der Waals surface area contributed by atoms with Crippen LogP contribution in [0.1, 0.15) is 128 Å². The van der Waals surface area contributed by atoms with Crippen LogP contribution in [0.4, 0.5) is 4.79 Å². The van der Waals surface area contributed by atoms with Crippen molar-refractivity contribution in [3.8, 4) is 0 Å². The Morgan fingerprint density at radius 2 is 1.47 bits per heavy atom. The van der Waals surface area contributed by atoms with Gasteiger partial charge in [0.25, 0.3) is 0 Å². The number of aryl methyl sites for hydroxylation is 2. The Hall–Kier alpha value is -2.05. The van der Waals surface area contributed by atoms with Gasteiger partial charge in [-0.05, 0) is 51.2 Å². The molecule has 1 fully saturated rings. The number of ether oxygens (including phenoxy) is 4. The van der Waals surface area contributed by atoms with Gasteiger partial charge >= 0.3 is 6.16 Å². The molecule has 0 bridgehead atoms. The molecule has 3 rings (SSSR count). The summed E-state index contributed by atoms with van der Waals surface area (Å²) in [6.07, 6.45) is 23.9. The monoisotopic (exact) mass is 697 g/mol. The van der Waals surface area contributed by atoms with E-state index in [1.54, 1.807) is 23.5 Å². The van der Waals surface area contributed by atoms with Crippen LogP contribution in [0.5, 0.6) is 0 Å². The van der Waals surface area contributed by atoms with Crippen molar-refractivity contribution < 1.29 is 41.3 Å². The van der Waals surface area contributed by atoms with Crippen molar-refractivity contribution in [1.29, 1.82) is 0 Å². The van der Waals surface area contributed by atoms with E-state index in [1.807, 2.05) is 6.92 Å². The van der Waals surface area contributed by atoms with Crippen molar-refractivity contribution in [2.24, 2.45) is 0 Å². The van der Waals surface area contributed by atoms with Crippen LogP contribution in [0.2, 0.25) is 0 Å². The number of carbonyl (C=O) groups excluding carboxylic acids is 1. The van der Waals surface area contributed by atoms with Crippen molar-refractivity contribution in [2.75, 3.05) is 19.8 Å². The highest BCUT2D eigenvalue weighted by Gasteiger charge is 2.26. The molecule has 11 heteroatoms. The molecule has 0 N–H and O–H groups in total. The van der Waals surface area contributed by atoms with Crippen molar-refractivity contribution in [2.45, 2.75) is 153 Å². The minimum atomic E-state index is -4.27. The number of unbranched alkanes of at least 4 members (excludes halogenated alkanes) is 15. The Labute approximate surface area is 288 Å². The summed E-state index contributed by atoms with van der Waals surface area (Å²) in [6, 6.07) is 5.78. The van der Waals surface area contributed by atoms with Gasteiger partial charge in [0.1, 0.15) is 29.4 Å². The molecule has 268 valence electrons. The van der Waals surface area contributed by atoms with Gasteiger partial charge in [-0.1, -0.05) is 113 Å². The van der Waals surface area contributed by atoms with Crippen LogP contribution in [0.3, 0.4) is 0 Å². The highest BCUT2D eigenvalue weighted by atomic mass is 32.2. The van der Waals surface area contributed by atoms with Crippen LogP contribution in [-0.2, 0) is 35.6 Å². The van der Waals surface area contributed by atoms with Gasteiger partial charge in [-0.3, -0.25) is 0 Å². The summed E-state index contributed by atoms with van der Waals surface area (Å²) in [5.74, 6) is 0. The molecule has 0 saturated carbocycles. The van der Waals surface area contributed by atoms with Crippen LogP contribution < -0.4 is 4.57 Å². The number of nitrogens with zero attached hydrogens (tertiary/aromatic N) is 1. The minimum Gasteiger partial charge on any atom is -0.744 e. The first kappa shape index (κ1) is 41.1. The van der Waals surface area contributed by atoms with Gasteiger partial charge in [0.15, 0.2) is 12.5 Å². The average Bonchev–Trinajstić information content (AvgIpc) is 3.74. The fourth-order valence-electron chi connectivity index (χ4n) is 5.28. The molecule has 0 amide bonds. The average molecular weight is 698 g/mol. The molecular weight excluding hydrogens is 639 g/mol.